The molecule has 0 aliphatic rings. The van der Waals surface area contributed by atoms with E-state index in [0.29, 0.717) is 5.13 Å². The largest absolute Gasteiger partial charge is 0.320 e. The fraction of sp³-hybridized carbons (Fsp3) is 0.333. The summed E-state index contributed by atoms with van der Waals surface area (Å²) in [6.45, 7) is 3.80. The van der Waals surface area contributed by atoms with Crippen molar-refractivity contribution in [3.05, 3.63) is 46.5 Å². The molecule has 1 atom stereocenters. The van der Waals surface area contributed by atoms with Crippen LogP contribution in [0.1, 0.15) is 29.9 Å². The first-order valence-corrected chi connectivity index (χ1v) is 7.49. The number of thiazole rings is 1. The van der Waals surface area contributed by atoms with E-state index in [1.54, 1.807) is 13.1 Å². The lowest BCUT2D eigenvalue weighted by Gasteiger charge is -2.03. The second kappa shape index (κ2) is 6.63. The number of rotatable bonds is 5. The molecule has 2 aromatic rings. The molecule has 3 N–H and O–H groups in total. The molecule has 0 aliphatic heterocycles. The number of aromatic nitrogens is 1. The van der Waals surface area contributed by atoms with Gasteiger partial charge < -0.3 is 11.1 Å². The monoisotopic (exact) mass is 289 g/mol. The molecule has 2 rings (SSSR count). The molecule has 0 saturated carbocycles. The summed E-state index contributed by atoms with van der Waals surface area (Å²) in [4.78, 5) is 16.8. The first kappa shape index (κ1) is 14.7. The Morgan fingerprint density at radius 1 is 1.45 bits per heavy atom. The molecule has 0 fully saturated rings. The minimum atomic E-state index is -0.524. The zero-order valence-corrected chi connectivity index (χ0v) is 12.5. The number of benzene rings is 1. The van der Waals surface area contributed by atoms with E-state index in [4.69, 9.17) is 5.73 Å². The van der Waals surface area contributed by atoms with Crippen LogP contribution in [0.25, 0.3) is 0 Å². The summed E-state index contributed by atoms with van der Waals surface area (Å²) in [5, 5.41) is 3.32. The predicted octanol–water partition coefficient (Wildman–Crippen LogP) is 2.58. The SMILES string of the molecule is CCc1cccc(Cc2cnc(NC(=O)[C@@H](C)N)s2)c1. The van der Waals surface area contributed by atoms with Crippen LogP contribution in [0.2, 0.25) is 0 Å². The quantitative estimate of drug-likeness (QED) is 0.889. The lowest BCUT2D eigenvalue weighted by molar-refractivity contribution is -0.117. The van der Waals surface area contributed by atoms with Gasteiger partial charge in [-0.1, -0.05) is 31.2 Å². The molecule has 20 heavy (non-hydrogen) atoms. The summed E-state index contributed by atoms with van der Waals surface area (Å²) in [5.74, 6) is -0.209. The third-order valence-electron chi connectivity index (χ3n) is 2.98. The van der Waals surface area contributed by atoms with Crippen LogP contribution in [-0.4, -0.2) is 16.9 Å². The molecule has 0 spiro atoms. The van der Waals surface area contributed by atoms with Crippen LogP contribution in [-0.2, 0) is 17.6 Å². The van der Waals surface area contributed by atoms with E-state index in [9.17, 15) is 4.79 Å². The highest BCUT2D eigenvalue weighted by Gasteiger charge is 2.10. The maximum Gasteiger partial charge on any atom is 0.242 e. The summed E-state index contributed by atoms with van der Waals surface area (Å²) in [7, 11) is 0. The first-order valence-electron chi connectivity index (χ1n) is 6.67. The van der Waals surface area contributed by atoms with Crippen LogP contribution in [0, 0.1) is 0 Å². The van der Waals surface area contributed by atoms with Crippen molar-refractivity contribution < 1.29 is 4.79 Å². The van der Waals surface area contributed by atoms with Crippen molar-refractivity contribution >= 4 is 22.4 Å². The minimum Gasteiger partial charge on any atom is -0.320 e. The molecule has 0 bridgehead atoms. The van der Waals surface area contributed by atoms with Gasteiger partial charge in [0.1, 0.15) is 0 Å². The average Bonchev–Trinajstić information content (AvgIpc) is 2.86. The molecule has 0 unspecified atom stereocenters. The van der Waals surface area contributed by atoms with Crippen LogP contribution < -0.4 is 11.1 Å². The van der Waals surface area contributed by atoms with Gasteiger partial charge in [0.25, 0.3) is 0 Å². The highest BCUT2D eigenvalue weighted by atomic mass is 32.1. The molecule has 0 aliphatic carbocycles. The Morgan fingerprint density at radius 3 is 2.90 bits per heavy atom. The topological polar surface area (TPSA) is 68.0 Å². The third kappa shape index (κ3) is 3.88. The van der Waals surface area contributed by atoms with Gasteiger partial charge in [-0.3, -0.25) is 4.79 Å². The second-order valence-electron chi connectivity index (χ2n) is 4.76. The van der Waals surface area contributed by atoms with Crippen LogP contribution in [0.15, 0.2) is 30.5 Å². The first-order chi connectivity index (χ1) is 9.58. The zero-order chi connectivity index (χ0) is 14.5. The molecule has 106 valence electrons. The van der Waals surface area contributed by atoms with E-state index in [-0.39, 0.29) is 5.91 Å². The molecule has 1 amide bonds. The number of anilines is 1. The molecule has 4 nitrogen and oxygen atoms in total. The van der Waals surface area contributed by atoms with E-state index in [1.807, 2.05) is 0 Å². The zero-order valence-electron chi connectivity index (χ0n) is 11.7. The fourth-order valence-corrected chi connectivity index (χ4v) is 2.68. The predicted molar refractivity (Wildman–Crippen MR) is 83.0 cm³/mol. The van der Waals surface area contributed by atoms with E-state index in [2.05, 4.69) is 41.5 Å². The van der Waals surface area contributed by atoms with Gasteiger partial charge in [-0.15, -0.1) is 11.3 Å². The number of aryl methyl sites for hydroxylation is 1. The van der Waals surface area contributed by atoms with Gasteiger partial charge in [-0.25, -0.2) is 4.98 Å². The average molecular weight is 289 g/mol. The normalized spacial score (nSPS) is 12.2. The lowest BCUT2D eigenvalue weighted by atomic mass is 10.1. The summed E-state index contributed by atoms with van der Waals surface area (Å²) < 4.78 is 0. The summed E-state index contributed by atoms with van der Waals surface area (Å²) in [6.07, 6.45) is 3.67. The number of nitrogens with one attached hydrogen (secondary N) is 1. The van der Waals surface area contributed by atoms with Crippen molar-refractivity contribution in [3.63, 3.8) is 0 Å². The van der Waals surface area contributed by atoms with Crippen molar-refractivity contribution in [3.8, 4) is 0 Å². The number of carbonyl (C=O) groups excluding carboxylic acids is 1. The van der Waals surface area contributed by atoms with Gasteiger partial charge in [0.2, 0.25) is 5.91 Å². The van der Waals surface area contributed by atoms with E-state index in [0.717, 1.165) is 17.7 Å². The molecular weight excluding hydrogens is 270 g/mol. The third-order valence-corrected chi connectivity index (χ3v) is 3.89. The van der Waals surface area contributed by atoms with Gasteiger partial charge in [-0.05, 0) is 24.5 Å². The Hall–Kier alpha value is -1.72. The van der Waals surface area contributed by atoms with Gasteiger partial charge in [0, 0.05) is 17.5 Å². The Balaban J connectivity index is 2.03. The van der Waals surface area contributed by atoms with E-state index < -0.39 is 6.04 Å². The standard InChI is InChI=1S/C15H19N3OS/c1-3-11-5-4-6-12(7-11)8-13-9-17-15(20-13)18-14(19)10(2)16/h4-7,9-10H,3,8,16H2,1-2H3,(H,17,18,19)/t10-/m1/s1. The smallest absolute Gasteiger partial charge is 0.242 e. The van der Waals surface area contributed by atoms with Gasteiger partial charge in [0.15, 0.2) is 5.13 Å². The molecule has 0 saturated heterocycles. The van der Waals surface area contributed by atoms with Crippen molar-refractivity contribution in [2.75, 3.05) is 5.32 Å². The minimum absolute atomic E-state index is 0.209. The van der Waals surface area contributed by atoms with Crippen LogP contribution in [0.3, 0.4) is 0 Å². The summed E-state index contributed by atoms with van der Waals surface area (Å²) >= 11 is 1.49. The number of nitrogens with zero attached hydrogens (tertiary/aromatic N) is 1. The van der Waals surface area contributed by atoms with Crippen LogP contribution >= 0.6 is 11.3 Å². The molecule has 1 heterocycles. The highest BCUT2D eigenvalue weighted by Crippen LogP contribution is 2.21. The van der Waals surface area contributed by atoms with E-state index in [1.165, 1.54) is 22.5 Å². The maximum absolute atomic E-state index is 11.5. The number of hydrogen-bond acceptors (Lipinski definition) is 4. The van der Waals surface area contributed by atoms with Gasteiger partial charge in [-0.2, -0.15) is 0 Å². The Labute approximate surface area is 123 Å². The maximum atomic E-state index is 11.5. The number of hydrogen-bond donors (Lipinski definition) is 2. The van der Waals surface area contributed by atoms with Gasteiger partial charge >= 0.3 is 0 Å². The lowest BCUT2D eigenvalue weighted by Crippen LogP contribution is -2.32. The van der Waals surface area contributed by atoms with Crippen LogP contribution in [0.5, 0.6) is 0 Å². The second-order valence-corrected chi connectivity index (χ2v) is 5.88. The molecule has 5 heteroatoms. The molecule has 1 aromatic heterocycles. The summed E-state index contributed by atoms with van der Waals surface area (Å²) in [6, 6.07) is 8.00. The molecule has 0 radical (unpaired) electrons. The van der Waals surface area contributed by atoms with Crippen molar-refractivity contribution in [2.24, 2.45) is 5.73 Å². The Bertz CT molecular complexity index is 592. The van der Waals surface area contributed by atoms with Gasteiger partial charge in [0.05, 0.1) is 6.04 Å². The molecule has 1 aromatic carbocycles. The highest BCUT2D eigenvalue weighted by molar-refractivity contribution is 7.15. The van der Waals surface area contributed by atoms with Crippen molar-refractivity contribution in [1.29, 1.82) is 0 Å². The fourth-order valence-electron chi connectivity index (χ4n) is 1.83. The number of nitrogens with two attached hydrogens (primary N) is 1. The number of amides is 1. The number of carbonyl (C=O) groups is 1. The van der Waals surface area contributed by atoms with Crippen molar-refractivity contribution in [2.45, 2.75) is 32.7 Å². The molecular formula is C15H19N3OS. The Kier molecular flexibility index (Phi) is 4.87. The summed E-state index contributed by atoms with van der Waals surface area (Å²) in [5.41, 5.74) is 8.10. The Morgan fingerprint density at radius 2 is 2.20 bits per heavy atom. The van der Waals surface area contributed by atoms with Crippen LogP contribution in [0.4, 0.5) is 5.13 Å². The van der Waals surface area contributed by atoms with Crippen molar-refractivity contribution in [1.82, 2.24) is 4.98 Å². The van der Waals surface area contributed by atoms with E-state index >= 15 is 0 Å².